The molecule has 1 aromatic heterocycles. The van der Waals surface area contributed by atoms with Crippen molar-refractivity contribution in [3.63, 3.8) is 0 Å². The number of ether oxygens (including phenoxy) is 2. The van der Waals surface area contributed by atoms with E-state index in [0.29, 0.717) is 17.5 Å². The van der Waals surface area contributed by atoms with Crippen molar-refractivity contribution in [3.05, 3.63) is 54.4 Å². The first kappa shape index (κ1) is 18.9. The summed E-state index contributed by atoms with van der Waals surface area (Å²) in [6.07, 6.45) is 0.276. The predicted molar refractivity (Wildman–Crippen MR) is 98.2 cm³/mol. The van der Waals surface area contributed by atoms with E-state index in [1.807, 2.05) is 12.1 Å². The molecule has 142 valence electrons. The van der Waals surface area contributed by atoms with Crippen LogP contribution in [0.2, 0.25) is 0 Å². The van der Waals surface area contributed by atoms with E-state index in [-0.39, 0.29) is 17.9 Å². The van der Waals surface area contributed by atoms with E-state index in [9.17, 15) is 8.42 Å². The molecule has 9 heteroatoms. The Hall–Kier alpha value is -2.91. The van der Waals surface area contributed by atoms with Gasteiger partial charge in [-0.25, -0.2) is 13.1 Å². The Morgan fingerprint density at radius 3 is 2.11 bits per heavy atom. The fraction of sp³-hybridized carbons (Fsp3) is 0.222. The van der Waals surface area contributed by atoms with Crippen molar-refractivity contribution < 1.29 is 22.3 Å². The third-order valence-corrected chi connectivity index (χ3v) is 5.28. The van der Waals surface area contributed by atoms with Crippen molar-refractivity contribution in [2.24, 2.45) is 0 Å². The van der Waals surface area contributed by atoms with Gasteiger partial charge in [0, 0.05) is 18.5 Å². The third kappa shape index (κ3) is 4.63. The molecule has 0 saturated heterocycles. The number of benzene rings is 2. The van der Waals surface area contributed by atoms with Gasteiger partial charge in [-0.05, 0) is 48.5 Å². The van der Waals surface area contributed by atoms with Crippen LogP contribution in [0, 0.1) is 0 Å². The van der Waals surface area contributed by atoms with Gasteiger partial charge >= 0.3 is 0 Å². The van der Waals surface area contributed by atoms with Gasteiger partial charge in [0.1, 0.15) is 11.5 Å². The van der Waals surface area contributed by atoms with E-state index in [0.717, 1.165) is 11.3 Å². The summed E-state index contributed by atoms with van der Waals surface area (Å²) in [4.78, 5) is 0.160. The van der Waals surface area contributed by atoms with Crippen molar-refractivity contribution in [1.29, 1.82) is 0 Å². The lowest BCUT2D eigenvalue weighted by Gasteiger charge is -2.06. The van der Waals surface area contributed by atoms with Gasteiger partial charge in [0.15, 0.2) is 0 Å². The normalized spacial score (nSPS) is 11.3. The zero-order valence-electron chi connectivity index (χ0n) is 14.9. The van der Waals surface area contributed by atoms with Gasteiger partial charge in [0.05, 0.1) is 19.1 Å². The van der Waals surface area contributed by atoms with Crippen LogP contribution in [0.3, 0.4) is 0 Å². The molecule has 0 amide bonds. The van der Waals surface area contributed by atoms with Gasteiger partial charge < -0.3 is 13.9 Å². The highest BCUT2D eigenvalue weighted by Gasteiger charge is 2.15. The van der Waals surface area contributed by atoms with Crippen molar-refractivity contribution in [2.75, 3.05) is 20.8 Å². The van der Waals surface area contributed by atoms with E-state index in [1.54, 1.807) is 31.4 Å². The zero-order valence-corrected chi connectivity index (χ0v) is 15.7. The lowest BCUT2D eigenvalue weighted by Crippen LogP contribution is -2.26. The molecule has 0 saturated carbocycles. The Labute approximate surface area is 157 Å². The molecular weight excluding hydrogens is 370 g/mol. The summed E-state index contributed by atoms with van der Waals surface area (Å²) >= 11 is 0. The molecule has 0 unspecified atom stereocenters. The molecule has 27 heavy (non-hydrogen) atoms. The van der Waals surface area contributed by atoms with Crippen LogP contribution in [-0.2, 0) is 16.4 Å². The van der Waals surface area contributed by atoms with Crippen molar-refractivity contribution >= 4 is 10.0 Å². The van der Waals surface area contributed by atoms with Crippen LogP contribution in [0.15, 0.2) is 57.8 Å². The Morgan fingerprint density at radius 1 is 0.926 bits per heavy atom. The predicted octanol–water partition coefficient (Wildman–Crippen LogP) is 2.27. The molecule has 3 rings (SSSR count). The zero-order chi connectivity index (χ0) is 19.3. The maximum absolute atomic E-state index is 12.3. The van der Waals surface area contributed by atoms with Crippen LogP contribution < -0.4 is 14.2 Å². The van der Waals surface area contributed by atoms with E-state index in [2.05, 4.69) is 14.9 Å². The van der Waals surface area contributed by atoms with Crippen molar-refractivity contribution in [1.82, 2.24) is 14.9 Å². The second-order valence-corrected chi connectivity index (χ2v) is 7.32. The largest absolute Gasteiger partial charge is 0.497 e. The molecule has 0 aliphatic rings. The fourth-order valence-electron chi connectivity index (χ4n) is 2.34. The summed E-state index contributed by atoms with van der Waals surface area (Å²) in [6.45, 7) is 0.138. The number of aromatic nitrogens is 2. The average Bonchev–Trinajstić information content (AvgIpc) is 3.17. The third-order valence-electron chi connectivity index (χ3n) is 3.80. The van der Waals surface area contributed by atoms with Gasteiger partial charge in [-0.3, -0.25) is 0 Å². The molecule has 0 atom stereocenters. The molecule has 0 aliphatic carbocycles. The van der Waals surface area contributed by atoms with Crippen LogP contribution in [0.4, 0.5) is 0 Å². The molecule has 2 aromatic carbocycles. The molecule has 0 bridgehead atoms. The Balaban J connectivity index is 1.59. The molecule has 1 N–H and O–H groups in total. The number of nitrogens with one attached hydrogen (secondary N) is 1. The van der Waals surface area contributed by atoms with Crippen LogP contribution in [0.25, 0.3) is 11.5 Å². The van der Waals surface area contributed by atoms with Crippen LogP contribution in [-0.4, -0.2) is 39.4 Å². The molecule has 3 aromatic rings. The first-order valence-corrected chi connectivity index (χ1v) is 9.60. The van der Waals surface area contributed by atoms with Gasteiger partial charge in [0.2, 0.25) is 21.8 Å². The number of rotatable bonds is 8. The van der Waals surface area contributed by atoms with E-state index in [4.69, 9.17) is 13.9 Å². The van der Waals surface area contributed by atoms with E-state index >= 15 is 0 Å². The number of hydrogen-bond donors (Lipinski definition) is 1. The number of methoxy groups -OCH3 is 2. The minimum atomic E-state index is -3.62. The highest BCUT2D eigenvalue weighted by Crippen LogP contribution is 2.21. The lowest BCUT2D eigenvalue weighted by atomic mass is 10.2. The topological polar surface area (TPSA) is 104 Å². The summed E-state index contributed by atoms with van der Waals surface area (Å²) in [5, 5.41) is 7.94. The van der Waals surface area contributed by atoms with Crippen molar-refractivity contribution in [2.45, 2.75) is 11.3 Å². The molecule has 0 fully saturated rings. The Morgan fingerprint density at radius 2 is 1.52 bits per heavy atom. The first-order valence-electron chi connectivity index (χ1n) is 8.12. The quantitative estimate of drug-likeness (QED) is 0.630. The maximum atomic E-state index is 12.3. The summed E-state index contributed by atoms with van der Waals surface area (Å²) in [7, 11) is -0.507. The standard InChI is InChI=1S/C18H19N3O5S/c1-24-14-5-3-13(4-6-14)18-21-20-17(26-18)11-12-19-27(22,23)16-9-7-15(25-2)8-10-16/h3-10,19H,11-12H2,1-2H3. The minimum Gasteiger partial charge on any atom is -0.497 e. The highest BCUT2D eigenvalue weighted by molar-refractivity contribution is 7.89. The van der Waals surface area contributed by atoms with E-state index in [1.165, 1.54) is 19.2 Å². The number of hydrogen-bond acceptors (Lipinski definition) is 7. The van der Waals surface area contributed by atoms with Crippen LogP contribution in [0.5, 0.6) is 11.5 Å². The average molecular weight is 389 g/mol. The molecule has 0 spiro atoms. The second kappa shape index (κ2) is 8.19. The molecule has 1 heterocycles. The summed E-state index contributed by atoms with van der Waals surface area (Å²) in [5.74, 6) is 2.03. The Kier molecular flexibility index (Phi) is 5.72. The molecule has 0 aliphatic heterocycles. The van der Waals surface area contributed by atoms with Gasteiger partial charge in [-0.1, -0.05) is 0 Å². The van der Waals surface area contributed by atoms with Gasteiger partial charge in [-0.15, -0.1) is 10.2 Å². The summed E-state index contributed by atoms with van der Waals surface area (Å²) < 4.78 is 42.8. The van der Waals surface area contributed by atoms with Crippen LogP contribution >= 0.6 is 0 Å². The molecule has 0 radical (unpaired) electrons. The summed E-state index contributed by atoms with van der Waals surface area (Å²) in [5.41, 5.74) is 0.758. The van der Waals surface area contributed by atoms with Crippen LogP contribution in [0.1, 0.15) is 5.89 Å². The lowest BCUT2D eigenvalue weighted by molar-refractivity contribution is 0.414. The molecular formula is C18H19N3O5S. The first-order chi connectivity index (χ1) is 13.0. The number of nitrogens with zero attached hydrogens (tertiary/aromatic N) is 2. The smallest absolute Gasteiger partial charge is 0.247 e. The fourth-order valence-corrected chi connectivity index (χ4v) is 3.37. The van der Waals surface area contributed by atoms with Gasteiger partial charge in [0.25, 0.3) is 0 Å². The molecule has 8 nitrogen and oxygen atoms in total. The maximum Gasteiger partial charge on any atom is 0.247 e. The minimum absolute atomic E-state index is 0.138. The van der Waals surface area contributed by atoms with Gasteiger partial charge in [-0.2, -0.15) is 0 Å². The highest BCUT2D eigenvalue weighted by atomic mass is 32.2. The monoisotopic (exact) mass is 389 g/mol. The van der Waals surface area contributed by atoms with Crippen molar-refractivity contribution in [3.8, 4) is 23.0 Å². The van der Waals surface area contributed by atoms with E-state index < -0.39 is 10.0 Å². The number of sulfonamides is 1. The second-order valence-electron chi connectivity index (χ2n) is 5.55. The summed E-state index contributed by atoms with van der Waals surface area (Å²) in [6, 6.07) is 13.3. The Bertz CT molecular complexity index is 983. The SMILES string of the molecule is COc1ccc(-c2nnc(CCNS(=O)(=O)c3ccc(OC)cc3)o2)cc1.